The molecule has 1 saturated heterocycles. The summed E-state index contributed by atoms with van der Waals surface area (Å²) >= 11 is 6.11. The molecule has 1 aromatic heterocycles. The van der Waals surface area contributed by atoms with Crippen LogP contribution < -0.4 is 19.9 Å². The monoisotopic (exact) mass is 507 g/mol. The van der Waals surface area contributed by atoms with Crippen LogP contribution in [0.2, 0.25) is 5.02 Å². The minimum absolute atomic E-state index is 0.223. The topological polar surface area (TPSA) is 96.8 Å². The molecular weight excluding hydrogens is 478 g/mol. The van der Waals surface area contributed by atoms with Gasteiger partial charge < -0.3 is 9.64 Å². The number of anilines is 1. The maximum Gasteiger partial charge on any atom is 0.316 e. The van der Waals surface area contributed by atoms with Crippen molar-refractivity contribution < 1.29 is 13.2 Å². The van der Waals surface area contributed by atoms with Crippen LogP contribution in [0.5, 0.6) is 5.75 Å². The molecule has 0 unspecified atom stereocenters. The summed E-state index contributed by atoms with van der Waals surface area (Å²) in [5.41, 5.74) is 0.760. The number of nitrogens with one attached hydrogen (secondary N) is 1. The van der Waals surface area contributed by atoms with E-state index in [1.807, 2.05) is 4.90 Å². The SMILES string of the molecule is O=c1c2c(cnn1-c1cccc(Cl)c1)N1CCN(CC1)S(=O)(=O)NCCC/C=C/CCCCO2. The van der Waals surface area contributed by atoms with Crippen molar-refractivity contribution in [2.75, 3.05) is 44.2 Å². The van der Waals surface area contributed by atoms with Crippen LogP contribution in [0.4, 0.5) is 5.69 Å². The smallest absolute Gasteiger partial charge is 0.316 e. The highest BCUT2D eigenvalue weighted by Crippen LogP contribution is 2.26. The Kier molecular flexibility index (Phi) is 8.25. The number of hydrogen-bond donors (Lipinski definition) is 1. The van der Waals surface area contributed by atoms with Gasteiger partial charge in [-0.3, -0.25) is 4.79 Å². The van der Waals surface area contributed by atoms with Crippen LogP contribution in [0.3, 0.4) is 0 Å². The number of benzene rings is 1. The summed E-state index contributed by atoms with van der Waals surface area (Å²) in [7, 11) is -3.54. The molecule has 5 rings (SSSR count). The molecule has 3 aliphatic rings. The first-order valence-corrected chi connectivity index (χ1v) is 13.4. The van der Waals surface area contributed by atoms with E-state index in [4.69, 9.17) is 16.3 Å². The molecule has 1 aromatic carbocycles. The molecule has 0 saturated carbocycles. The Morgan fingerprint density at radius 3 is 2.56 bits per heavy atom. The lowest BCUT2D eigenvalue weighted by molar-refractivity contribution is 0.299. The average molecular weight is 508 g/mol. The number of hydrogen-bond acceptors (Lipinski definition) is 6. The summed E-state index contributed by atoms with van der Waals surface area (Å²) in [6, 6.07) is 6.93. The predicted octanol–water partition coefficient (Wildman–Crippen LogP) is 2.74. The van der Waals surface area contributed by atoms with Crippen molar-refractivity contribution in [2.45, 2.75) is 32.1 Å². The second-order valence-corrected chi connectivity index (χ2v) is 10.5. The van der Waals surface area contributed by atoms with E-state index in [0.717, 1.165) is 32.1 Å². The van der Waals surface area contributed by atoms with Crippen molar-refractivity contribution in [3.63, 3.8) is 0 Å². The fourth-order valence-corrected chi connectivity index (χ4v) is 5.45. The van der Waals surface area contributed by atoms with Gasteiger partial charge in [0.25, 0.3) is 10.2 Å². The van der Waals surface area contributed by atoms with E-state index in [2.05, 4.69) is 22.0 Å². The van der Waals surface area contributed by atoms with E-state index >= 15 is 0 Å². The van der Waals surface area contributed by atoms with Crippen molar-refractivity contribution in [1.82, 2.24) is 18.8 Å². The number of aromatic nitrogens is 2. The Labute approximate surface area is 205 Å². The molecule has 3 aliphatic heterocycles. The summed E-state index contributed by atoms with van der Waals surface area (Å²) < 4.78 is 36.8. The van der Waals surface area contributed by atoms with Crippen LogP contribution >= 0.6 is 11.6 Å². The van der Waals surface area contributed by atoms with Crippen molar-refractivity contribution >= 4 is 27.5 Å². The molecule has 184 valence electrons. The molecule has 11 heteroatoms. The van der Waals surface area contributed by atoms with Gasteiger partial charge in [0.15, 0.2) is 0 Å². The summed E-state index contributed by atoms with van der Waals surface area (Å²) in [5, 5.41) is 4.87. The van der Waals surface area contributed by atoms with Crippen molar-refractivity contribution in [3.8, 4) is 11.4 Å². The quantitative estimate of drug-likeness (QED) is 0.596. The minimum atomic E-state index is -3.54. The number of rotatable bonds is 1. The lowest BCUT2D eigenvalue weighted by Gasteiger charge is -2.35. The summed E-state index contributed by atoms with van der Waals surface area (Å²) in [5.74, 6) is 0.223. The van der Waals surface area contributed by atoms with Crippen molar-refractivity contribution in [3.05, 3.63) is 58.0 Å². The molecule has 0 radical (unpaired) electrons. The van der Waals surface area contributed by atoms with Crippen LogP contribution in [-0.2, 0) is 10.2 Å². The second-order valence-electron chi connectivity index (χ2n) is 8.30. The lowest BCUT2D eigenvalue weighted by atomic mass is 10.2. The number of halogens is 1. The van der Waals surface area contributed by atoms with Gasteiger partial charge in [0.1, 0.15) is 5.69 Å². The van der Waals surface area contributed by atoms with Crippen molar-refractivity contribution in [1.29, 1.82) is 0 Å². The van der Waals surface area contributed by atoms with E-state index in [1.165, 1.54) is 8.99 Å². The standard InChI is InChI=1S/C23H30ClN5O4S/c24-19-9-8-10-20(17-19)29-23(30)22-21(18-25-29)27-12-14-28(15-13-27)34(31,32)26-11-6-4-2-1-3-5-7-16-33-22/h1-2,8-10,17-18,26H,3-7,11-16H2/b2-1+. The Hall–Kier alpha value is -2.40. The Morgan fingerprint density at radius 2 is 1.79 bits per heavy atom. The molecule has 2 aromatic rings. The number of allylic oxidation sites excluding steroid dienone is 2. The molecule has 0 atom stereocenters. The molecule has 9 nitrogen and oxygen atoms in total. The molecule has 4 heterocycles. The van der Waals surface area contributed by atoms with Gasteiger partial charge in [0.05, 0.1) is 18.5 Å². The highest BCUT2D eigenvalue weighted by molar-refractivity contribution is 7.87. The molecule has 1 fully saturated rings. The molecule has 1 N–H and O–H groups in total. The predicted molar refractivity (Wildman–Crippen MR) is 133 cm³/mol. The zero-order chi connectivity index (χ0) is 24.0. The highest BCUT2D eigenvalue weighted by Gasteiger charge is 2.29. The highest BCUT2D eigenvalue weighted by atomic mass is 35.5. The molecule has 0 amide bonds. The van der Waals surface area contributed by atoms with E-state index < -0.39 is 10.2 Å². The zero-order valence-electron chi connectivity index (χ0n) is 19.0. The fraction of sp³-hybridized carbons (Fsp3) is 0.478. The van der Waals surface area contributed by atoms with Gasteiger partial charge in [-0.1, -0.05) is 29.8 Å². The molecule has 2 bridgehead atoms. The molecule has 34 heavy (non-hydrogen) atoms. The van der Waals surface area contributed by atoms with Crippen LogP contribution in [0, 0.1) is 0 Å². The number of fused-ring (bicyclic) bond motifs is 12. The lowest BCUT2D eigenvalue weighted by Crippen LogP contribution is -2.52. The first kappa shape index (κ1) is 24.7. The van der Waals surface area contributed by atoms with Crippen molar-refractivity contribution in [2.24, 2.45) is 0 Å². The van der Waals surface area contributed by atoms with Gasteiger partial charge in [0, 0.05) is 37.7 Å². The Morgan fingerprint density at radius 1 is 1.03 bits per heavy atom. The second kappa shape index (κ2) is 11.4. The molecule has 0 aliphatic carbocycles. The normalized spacial score (nSPS) is 21.1. The van der Waals surface area contributed by atoms with Gasteiger partial charge in [-0.15, -0.1) is 0 Å². The zero-order valence-corrected chi connectivity index (χ0v) is 20.6. The summed E-state index contributed by atoms with van der Waals surface area (Å²) in [4.78, 5) is 15.4. The molecule has 0 spiro atoms. The minimum Gasteiger partial charge on any atom is -0.486 e. The van der Waals surface area contributed by atoms with Crippen LogP contribution in [0.25, 0.3) is 5.69 Å². The van der Waals surface area contributed by atoms with E-state index in [1.54, 1.807) is 30.5 Å². The third-order valence-electron chi connectivity index (χ3n) is 5.90. The van der Waals surface area contributed by atoms with E-state index in [-0.39, 0.29) is 11.3 Å². The third-order valence-corrected chi connectivity index (χ3v) is 7.75. The fourth-order valence-electron chi connectivity index (χ4n) is 4.04. The average Bonchev–Trinajstić information content (AvgIpc) is 2.83. The number of ether oxygens (including phenoxy) is 1. The maximum absolute atomic E-state index is 13.4. The van der Waals surface area contributed by atoms with Gasteiger partial charge in [0.2, 0.25) is 5.75 Å². The van der Waals surface area contributed by atoms with E-state index in [9.17, 15) is 13.2 Å². The number of nitrogens with zero attached hydrogens (tertiary/aromatic N) is 4. The molecular formula is C23H30ClN5O4S. The first-order valence-electron chi connectivity index (χ1n) is 11.6. The Balaban J connectivity index is 1.64. The van der Waals surface area contributed by atoms with Crippen LogP contribution in [-0.4, -0.2) is 61.8 Å². The van der Waals surface area contributed by atoms with Gasteiger partial charge >= 0.3 is 5.56 Å². The number of piperazine rings is 1. The van der Waals surface area contributed by atoms with Gasteiger partial charge in [-0.05, 0) is 50.3 Å². The summed E-state index contributed by atoms with van der Waals surface area (Å²) in [6.45, 7) is 2.31. The van der Waals surface area contributed by atoms with Gasteiger partial charge in [-0.2, -0.15) is 22.5 Å². The third kappa shape index (κ3) is 5.99. The van der Waals surface area contributed by atoms with Crippen LogP contribution in [0.15, 0.2) is 47.4 Å². The largest absolute Gasteiger partial charge is 0.486 e. The van der Waals surface area contributed by atoms with Gasteiger partial charge in [-0.25, -0.2) is 4.72 Å². The maximum atomic E-state index is 13.4. The van der Waals surface area contributed by atoms with Crippen LogP contribution in [0.1, 0.15) is 32.1 Å². The summed E-state index contributed by atoms with van der Waals surface area (Å²) in [6.07, 6.45) is 10.1. The Bertz CT molecular complexity index is 1180. The first-order chi connectivity index (χ1) is 16.5. The van der Waals surface area contributed by atoms with E-state index in [0.29, 0.717) is 55.7 Å².